The number of unbranched alkanes of at least 4 members (excludes halogenated alkanes) is 10. The molecule has 0 aromatic carbocycles. The van der Waals surface area contributed by atoms with E-state index in [1.54, 1.807) is 0 Å². The number of hydrogen-bond acceptors (Lipinski definition) is 2. The minimum absolute atomic E-state index is 0.150. The summed E-state index contributed by atoms with van der Waals surface area (Å²) in [7, 11) is 3.98. The van der Waals surface area contributed by atoms with Crippen molar-refractivity contribution in [2.24, 2.45) is 5.92 Å². The van der Waals surface area contributed by atoms with Gasteiger partial charge in [-0.25, -0.2) is 0 Å². The Morgan fingerprint density at radius 1 is 0.846 bits per heavy atom. The van der Waals surface area contributed by atoms with E-state index in [1.807, 2.05) is 14.1 Å². The molecule has 2 unspecified atom stereocenters. The number of nitrogens with zero attached hydrogens (tertiary/aromatic N) is 1. The van der Waals surface area contributed by atoms with E-state index in [2.05, 4.69) is 30.9 Å². The Morgan fingerprint density at radius 3 is 1.81 bits per heavy atom. The lowest BCUT2D eigenvalue weighted by molar-refractivity contribution is -0.144. The van der Waals surface area contributed by atoms with E-state index in [0.717, 1.165) is 25.7 Å². The van der Waals surface area contributed by atoms with Gasteiger partial charge in [-0.15, -0.1) is 0 Å². The summed E-state index contributed by atoms with van der Waals surface area (Å²) in [6.45, 7) is 4.34. The Bertz CT molecular complexity index is 352. The summed E-state index contributed by atoms with van der Waals surface area (Å²) >= 11 is 0. The first kappa shape index (κ1) is 25.2. The molecule has 0 aromatic rings. The van der Waals surface area contributed by atoms with Gasteiger partial charge in [0.15, 0.2) is 0 Å². The largest absolute Gasteiger partial charge is 0.481 e. The number of hydrogen-bond donors (Lipinski definition) is 1. The van der Waals surface area contributed by atoms with Gasteiger partial charge >= 0.3 is 5.97 Å². The molecular weight excluding hydrogens is 322 g/mol. The quantitative estimate of drug-likeness (QED) is 0.217. The summed E-state index contributed by atoms with van der Waals surface area (Å²) in [6, 6.07) is 0.150. The van der Waals surface area contributed by atoms with Crippen molar-refractivity contribution in [3.8, 4) is 0 Å². The van der Waals surface area contributed by atoms with E-state index in [-0.39, 0.29) is 12.0 Å². The van der Waals surface area contributed by atoms with Crippen LogP contribution in [-0.4, -0.2) is 36.1 Å². The number of carbonyl (C=O) groups is 1. The molecule has 1 N–H and O–H groups in total. The zero-order chi connectivity index (χ0) is 19.6. The van der Waals surface area contributed by atoms with E-state index in [9.17, 15) is 9.90 Å². The number of carboxylic acids is 1. The van der Waals surface area contributed by atoms with Gasteiger partial charge in [-0.1, -0.05) is 77.4 Å². The Hall–Kier alpha value is -0.830. The highest BCUT2D eigenvalue weighted by Gasteiger charge is 2.27. The van der Waals surface area contributed by atoms with Crippen LogP contribution in [-0.2, 0) is 4.79 Å². The molecule has 0 radical (unpaired) electrons. The Kier molecular flexibility index (Phi) is 17.0. The van der Waals surface area contributed by atoms with Crippen LogP contribution in [0.25, 0.3) is 0 Å². The van der Waals surface area contributed by atoms with Crippen LogP contribution in [0.3, 0.4) is 0 Å². The summed E-state index contributed by atoms with van der Waals surface area (Å²) in [4.78, 5) is 13.6. The SMILES string of the molecule is CCCCCCCCC=CCCCCCCC(C(=O)O)C(CC)N(C)C. The Balaban J connectivity index is 3.64. The first-order valence-corrected chi connectivity index (χ1v) is 11.1. The third-order valence-corrected chi connectivity index (χ3v) is 5.39. The molecule has 26 heavy (non-hydrogen) atoms. The molecule has 0 amide bonds. The predicted octanol–water partition coefficient (Wildman–Crippen LogP) is 6.67. The molecule has 0 aromatic heterocycles. The molecule has 0 fully saturated rings. The molecule has 0 saturated heterocycles. The Labute approximate surface area is 163 Å². The highest BCUT2D eigenvalue weighted by atomic mass is 16.4. The molecule has 0 aliphatic carbocycles. The number of aliphatic carboxylic acids is 1. The van der Waals surface area contributed by atoms with Crippen LogP contribution in [0.1, 0.15) is 104 Å². The maximum atomic E-state index is 11.5. The van der Waals surface area contributed by atoms with E-state index in [0.29, 0.717) is 0 Å². The average molecular weight is 368 g/mol. The molecule has 0 aliphatic rings. The van der Waals surface area contributed by atoms with Crippen LogP contribution in [0.2, 0.25) is 0 Å². The van der Waals surface area contributed by atoms with Gasteiger partial charge < -0.3 is 10.0 Å². The van der Waals surface area contributed by atoms with Gasteiger partial charge in [0.2, 0.25) is 0 Å². The molecule has 3 nitrogen and oxygen atoms in total. The van der Waals surface area contributed by atoms with Gasteiger partial charge in [0.1, 0.15) is 0 Å². The highest BCUT2D eigenvalue weighted by molar-refractivity contribution is 5.70. The molecule has 0 aliphatic heterocycles. The van der Waals surface area contributed by atoms with Crippen molar-refractivity contribution < 1.29 is 9.90 Å². The number of allylic oxidation sites excluding steroid dienone is 2. The summed E-state index contributed by atoms with van der Waals surface area (Å²) in [5.74, 6) is -0.865. The van der Waals surface area contributed by atoms with E-state index < -0.39 is 5.97 Å². The van der Waals surface area contributed by atoms with Crippen LogP contribution < -0.4 is 0 Å². The van der Waals surface area contributed by atoms with Gasteiger partial charge in [0, 0.05) is 6.04 Å². The third kappa shape index (κ3) is 13.4. The zero-order valence-corrected chi connectivity index (χ0v) is 18.0. The van der Waals surface area contributed by atoms with Crippen LogP contribution in [0.15, 0.2) is 12.2 Å². The lowest BCUT2D eigenvalue weighted by Gasteiger charge is -2.28. The first-order chi connectivity index (χ1) is 12.5. The molecule has 0 bridgehead atoms. The van der Waals surface area contributed by atoms with Gasteiger partial charge in [-0.3, -0.25) is 4.79 Å². The molecule has 0 heterocycles. The van der Waals surface area contributed by atoms with Crippen LogP contribution >= 0.6 is 0 Å². The maximum Gasteiger partial charge on any atom is 0.308 e. The lowest BCUT2D eigenvalue weighted by atomic mass is 9.91. The second kappa shape index (κ2) is 17.6. The minimum atomic E-state index is -0.636. The second-order valence-corrected chi connectivity index (χ2v) is 7.90. The van der Waals surface area contributed by atoms with Crippen LogP contribution in [0.5, 0.6) is 0 Å². The van der Waals surface area contributed by atoms with Gasteiger partial charge in [-0.2, -0.15) is 0 Å². The van der Waals surface area contributed by atoms with E-state index in [4.69, 9.17) is 0 Å². The van der Waals surface area contributed by atoms with Gasteiger partial charge in [0.25, 0.3) is 0 Å². The summed E-state index contributed by atoms with van der Waals surface area (Å²) in [5, 5.41) is 9.49. The third-order valence-electron chi connectivity index (χ3n) is 5.39. The predicted molar refractivity (Wildman–Crippen MR) is 114 cm³/mol. The average Bonchev–Trinajstić information content (AvgIpc) is 2.60. The minimum Gasteiger partial charge on any atom is -0.481 e. The maximum absolute atomic E-state index is 11.5. The van der Waals surface area contributed by atoms with Crippen LogP contribution in [0.4, 0.5) is 0 Å². The lowest BCUT2D eigenvalue weighted by Crippen LogP contribution is -2.38. The normalized spacial score (nSPS) is 14.2. The van der Waals surface area contributed by atoms with Crippen molar-refractivity contribution in [2.45, 2.75) is 110 Å². The standard InChI is InChI=1S/C23H45NO2/c1-5-7-8-9-10-11-12-13-14-15-16-17-18-19-20-21(23(25)26)22(6-2)24(3)4/h13-14,21-22H,5-12,15-20H2,1-4H3,(H,25,26). The molecule has 0 rings (SSSR count). The summed E-state index contributed by atoms with van der Waals surface area (Å²) in [5.41, 5.74) is 0. The van der Waals surface area contributed by atoms with Crippen molar-refractivity contribution in [2.75, 3.05) is 14.1 Å². The van der Waals surface area contributed by atoms with Crippen molar-refractivity contribution in [1.82, 2.24) is 4.90 Å². The summed E-state index contributed by atoms with van der Waals surface area (Å²) in [6.07, 6.45) is 21.6. The monoisotopic (exact) mass is 367 g/mol. The number of carboxylic acid groups (broad SMARTS) is 1. The molecular formula is C23H45NO2. The molecule has 0 spiro atoms. The molecule has 3 heteroatoms. The summed E-state index contributed by atoms with van der Waals surface area (Å²) < 4.78 is 0. The van der Waals surface area contributed by atoms with Crippen LogP contribution in [0, 0.1) is 5.92 Å². The number of rotatable bonds is 18. The molecule has 154 valence electrons. The fourth-order valence-electron chi connectivity index (χ4n) is 3.75. The Morgan fingerprint density at radius 2 is 1.35 bits per heavy atom. The topological polar surface area (TPSA) is 40.5 Å². The van der Waals surface area contributed by atoms with E-state index in [1.165, 1.54) is 64.2 Å². The second-order valence-electron chi connectivity index (χ2n) is 7.90. The fourth-order valence-corrected chi connectivity index (χ4v) is 3.75. The van der Waals surface area contributed by atoms with Crippen molar-refractivity contribution >= 4 is 5.97 Å². The van der Waals surface area contributed by atoms with Gasteiger partial charge in [-0.05, 0) is 52.6 Å². The van der Waals surface area contributed by atoms with Crippen molar-refractivity contribution in [3.63, 3.8) is 0 Å². The van der Waals surface area contributed by atoms with Crippen molar-refractivity contribution in [1.29, 1.82) is 0 Å². The van der Waals surface area contributed by atoms with Crippen molar-refractivity contribution in [3.05, 3.63) is 12.2 Å². The first-order valence-electron chi connectivity index (χ1n) is 11.1. The molecule has 2 atom stereocenters. The molecule has 0 saturated carbocycles. The highest BCUT2D eigenvalue weighted by Crippen LogP contribution is 2.20. The van der Waals surface area contributed by atoms with E-state index >= 15 is 0 Å². The fraction of sp³-hybridized carbons (Fsp3) is 0.870. The van der Waals surface area contributed by atoms with Gasteiger partial charge in [0.05, 0.1) is 5.92 Å². The smallest absolute Gasteiger partial charge is 0.308 e. The zero-order valence-electron chi connectivity index (χ0n) is 18.0.